The first kappa shape index (κ1) is 19.9. The Kier molecular flexibility index (Phi) is 5.82. The van der Waals surface area contributed by atoms with E-state index in [1.54, 1.807) is 18.2 Å². The van der Waals surface area contributed by atoms with Crippen molar-refractivity contribution in [2.75, 3.05) is 19.2 Å². The number of nitrogens with zero attached hydrogens (tertiary/aromatic N) is 1. The van der Waals surface area contributed by atoms with Gasteiger partial charge in [-0.15, -0.1) is 0 Å². The van der Waals surface area contributed by atoms with Crippen LogP contribution < -0.4 is 20.1 Å². The maximum Gasteiger partial charge on any atom is 0.339 e. The van der Waals surface area contributed by atoms with Crippen LogP contribution in [0.3, 0.4) is 0 Å². The lowest BCUT2D eigenvalue weighted by Crippen LogP contribution is -2.35. The van der Waals surface area contributed by atoms with Gasteiger partial charge in [0.05, 0.1) is 10.5 Å². The number of carbonyl (C=O) groups excluding carboxylic acids is 2. The molecule has 0 fully saturated rings. The average Bonchev–Trinajstić information content (AvgIpc) is 3.19. The van der Waals surface area contributed by atoms with E-state index in [1.165, 1.54) is 26.1 Å². The summed E-state index contributed by atoms with van der Waals surface area (Å²) in [4.78, 5) is 35.0. The Balaban J connectivity index is 1.58. The number of benzene rings is 2. The molecule has 0 radical (unpaired) electrons. The highest BCUT2D eigenvalue weighted by molar-refractivity contribution is 5.93. The molecule has 1 atom stereocenters. The zero-order valence-electron chi connectivity index (χ0n) is 15.8. The molecule has 0 saturated heterocycles. The first-order chi connectivity index (χ1) is 13.9. The average molecular weight is 401 g/mol. The van der Waals surface area contributed by atoms with E-state index in [4.69, 9.17) is 14.2 Å². The fraction of sp³-hybridized carbons (Fsp3) is 0.263. The van der Waals surface area contributed by atoms with Gasteiger partial charge in [-0.05, 0) is 36.8 Å². The second-order valence-electron chi connectivity index (χ2n) is 6.19. The van der Waals surface area contributed by atoms with Crippen molar-refractivity contribution in [2.24, 2.45) is 0 Å². The summed E-state index contributed by atoms with van der Waals surface area (Å²) in [6.45, 7) is 1.79. The van der Waals surface area contributed by atoms with Gasteiger partial charge in [-0.2, -0.15) is 0 Å². The van der Waals surface area contributed by atoms with Crippen LogP contribution in [-0.4, -0.2) is 36.7 Å². The van der Waals surface area contributed by atoms with E-state index in [1.807, 2.05) is 0 Å². The van der Waals surface area contributed by atoms with Crippen molar-refractivity contribution in [3.8, 4) is 11.5 Å². The summed E-state index contributed by atoms with van der Waals surface area (Å²) >= 11 is 0. The number of rotatable bonds is 7. The molecule has 0 saturated carbocycles. The second-order valence-corrected chi connectivity index (χ2v) is 6.19. The number of anilines is 1. The molecule has 2 N–H and O–H groups in total. The van der Waals surface area contributed by atoms with Crippen LogP contribution in [0.4, 0.5) is 11.4 Å². The van der Waals surface area contributed by atoms with Crippen molar-refractivity contribution in [2.45, 2.75) is 19.6 Å². The molecule has 0 unspecified atom stereocenters. The van der Waals surface area contributed by atoms with Gasteiger partial charge in [0, 0.05) is 19.7 Å². The minimum atomic E-state index is -1.08. The molecule has 1 aliphatic rings. The van der Waals surface area contributed by atoms with E-state index in [9.17, 15) is 19.7 Å². The lowest BCUT2D eigenvalue weighted by Gasteiger charge is -2.14. The van der Waals surface area contributed by atoms with Crippen LogP contribution in [-0.2, 0) is 16.1 Å². The third kappa shape index (κ3) is 4.54. The molecule has 2 aromatic rings. The molecule has 0 spiro atoms. The zero-order valence-corrected chi connectivity index (χ0v) is 15.8. The van der Waals surface area contributed by atoms with E-state index in [0.29, 0.717) is 11.5 Å². The molecule has 29 heavy (non-hydrogen) atoms. The summed E-state index contributed by atoms with van der Waals surface area (Å²) in [7, 11) is 1.53. The molecule has 10 nitrogen and oxygen atoms in total. The van der Waals surface area contributed by atoms with Gasteiger partial charge in [-0.25, -0.2) is 4.79 Å². The molecule has 0 aliphatic carbocycles. The maximum absolute atomic E-state index is 12.3. The lowest BCUT2D eigenvalue weighted by atomic mass is 10.1. The van der Waals surface area contributed by atoms with Crippen molar-refractivity contribution in [3.63, 3.8) is 0 Å². The summed E-state index contributed by atoms with van der Waals surface area (Å²) in [5.74, 6) is -0.0950. The lowest BCUT2D eigenvalue weighted by molar-refractivity contribution is -0.384. The fourth-order valence-electron chi connectivity index (χ4n) is 2.69. The number of amides is 1. The van der Waals surface area contributed by atoms with Gasteiger partial charge in [0.2, 0.25) is 6.79 Å². The van der Waals surface area contributed by atoms with Crippen molar-refractivity contribution < 1.29 is 28.7 Å². The van der Waals surface area contributed by atoms with Crippen molar-refractivity contribution >= 4 is 23.3 Å². The van der Waals surface area contributed by atoms with E-state index in [-0.39, 0.29) is 30.3 Å². The number of nitro benzene ring substituents is 1. The highest BCUT2D eigenvalue weighted by atomic mass is 16.7. The fourth-order valence-corrected chi connectivity index (χ4v) is 2.69. The van der Waals surface area contributed by atoms with Gasteiger partial charge in [0.1, 0.15) is 5.69 Å². The van der Waals surface area contributed by atoms with Gasteiger partial charge in [0.25, 0.3) is 11.6 Å². The quantitative estimate of drug-likeness (QED) is 0.410. The zero-order chi connectivity index (χ0) is 21.0. The molecule has 0 aromatic heterocycles. The number of esters is 1. The second kappa shape index (κ2) is 8.46. The van der Waals surface area contributed by atoms with Crippen LogP contribution in [0.25, 0.3) is 0 Å². The Morgan fingerprint density at radius 2 is 1.97 bits per heavy atom. The number of nitro groups is 1. The number of hydrogen-bond donors (Lipinski definition) is 2. The van der Waals surface area contributed by atoms with Crippen LogP contribution in [0.1, 0.15) is 22.8 Å². The number of fused-ring (bicyclic) bond motifs is 1. The Hall–Kier alpha value is -3.82. The van der Waals surface area contributed by atoms with Gasteiger partial charge in [-0.3, -0.25) is 14.9 Å². The smallest absolute Gasteiger partial charge is 0.339 e. The van der Waals surface area contributed by atoms with Gasteiger partial charge in [0.15, 0.2) is 17.6 Å². The van der Waals surface area contributed by atoms with E-state index in [0.717, 1.165) is 11.6 Å². The maximum atomic E-state index is 12.3. The summed E-state index contributed by atoms with van der Waals surface area (Å²) in [6.07, 6.45) is -1.08. The SMILES string of the molecule is CNc1ccc(C(=O)O[C@@H](C)C(=O)NCc2ccc3c(c2)OCO3)cc1[N+](=O)[O-]. The molecule has 3 rings (SSSR count). The van der Waals surface area contributed by atoms with Crippen LogP contribution >= 0.6 is 0 Å². The molecular formula is C19H19N3O7. The van der Waals surface area contributed by atoms with E-state index in [2.05, 4.69) is 10.6 Å². The third-order valence-electron chi connectivity index (χ3n) is 4.26. The van der Waals surface area contributed by atoms with E-state index >= 15 is 0 Å². The number of nitrogens with one attached hydrogen (secondary N) is 2. The minimum absolute atomic E-state index is 0.0221. The molecule has 152 valence electrons. The van der Waals surface area contributed by atoms with Crippen LogP contribution in [0.5, 0.6) is 11.5 Å². The Labute approximate surface area is 165 Å². The van der Waals surface area contributed by atoms with E-state index < -0.39 is 22.9 Å². The summed E-state index contributed by atoms with van der Waals surface area (Å²) in [6, 6.07) is 9.17. The number of carbonyl (C=O) groups is 2. The first-order valence-electron chi connectivity index (χ1n) is 8.72. The monoisotopic (exact) mass is 401 g/mol. The van der Waals surface area contributed by atoms with Gasteiger partial charge < -0.3 is 24.8 Å². The molecule has 2 aromatic carbocycles. The highest BCUT2D eigenvalue weighted by Gasteiger charge is 2.22. The first-order valence-corrected chi connectivity index (χ1v) is 8.72. The Bertz CT molecular complexity index is 961. The molecular weight excluding hydrogens is 382 g/mol. The molecule has 1 heterocycles. The Morgan fingerprint density at radius 1 is 1.21 bits per heavy atom. The molecule has 10 heteroatoms. The normalized spacial score (nSPS) is 12.8. The molecule has 0 bridgehead atoms. The summed E-state index contributed by atoms with van der Waals surface area (Å²) in [5, 5.41) is 16.4. The van der Waals surface area contributed by atoms with Crippen molar-refractivity contribution in [1.29, 1.82) is 0 Å². The number of hydrogen-bond acceptors (Lipinski definition) is 8. The largest absolute Gasteiger partial charge is 0.454 e. The van der Waals surface area contributed by atoms with Crippen molar-refractivity contribution in [1.82, 2.24) is 5.32 Å². The van der Waals surface area contributed by atoms with Gasteiger partial charge >= 0.3 is 5.97 Å². The third-order valence-corrected chi connectivity index (χ3v) is 4.26. The van der Waals surface area contributed by atoms with Crippen LogP contribution in [0.2, 0.25) is 0 Å². The molecule has 1 amide bonds. The molecule has 1 aliphatic heterocycles. The topological polar surface area (TPSA) is 129 Å². The highest BCUT2D eigenvalue weighted by Crippen LogP contribution is 2.32. The minimum Gasteiger partial charge on any atom is -0.454 e. The van der Waals surface area contributed by atoms with Crippen LogP contribution in [0.15, 0.2) is 36.4 Å². The predicted molar refractivity (Wildman–Crippen MR) is 102 cm³/mol. The van der Waals surface area contributed by atoms with Crippen molar-refractivity contribution in [3.05, 3.63) is 57.6 Å². The van der Waals surface area contributed by atoms with Gasteiger partial charge in [-0.1, -0.05) is 6.07 Å². The standard InChI is InChI=1S/C19H19N3O7/c1-11(18(23)21-9-12-3-6-16-17(7-12)28-10-27-16)29-19(24)13-4-5-14(20-2)15(8-13)22(25)26/h3-8,11,20H,9-10H2,1-2H3,(H,21,23)/t11-/m0/s1. The predicted octanol–water partition coefficient (Wildman–Crippen LogP) is 2.23. The van der Waals surface area contributed by atoms with Crippen LogP contribution in [0, 0.1) is 10.1 Å². The number of ether oxygens (including phenoxy) is 3. The summed E-state index contributed by atoms with van der Waals surface area (Å²) < 4.78 is 15.6. The Morgan fingerprint density at radius 3 is 2.69 bits per heavy atom. The summed E-state index contributed by atoms with van der Waals surface area (Å²) in [5.41, 5.74) is 0.772.